The number of aromatic nitrogens is 3. The number of carboxylic acids is 1. The van der Waals surface area contributed by atoms with Gasteiger partial charge in [-0.25, -0.2) is 14.4 Å². The van der Waals surface area contributed by atoms with Crippen LogP contribution in [0.1, 0.15) is 62.2 Å². The fourth-order valence-corrected chi connectivity index (χ4v) is 5.56. The number of carboxylic acid groups (broad SMARTS) is 1. The molecular formula is C29H37FN4O3. The van der Waals surface area contributed by atoms with Crippen LogP contribution in [0.15, 0.2) is 49.2 Å². The van der Waals surface area contributed by atoms with Crippen molar-refractivity contribution in [3.8, 4) is 5.75 Å². The van der Waals surface area contributed by atoms with Crippen LogP contribution in [-0.2, 0) is 11.2 Å². The number of pyridine rings is 1. The predicted octanol–water partition coefficient (Wildman–Crippen LogP) is 5.65. The lowest BCUT2D eigenvalue weighted by Gasteiger charge is -2.39. The number of piperidine rings is 1. The number of ether oxygens (including phenoxy) is 1. The van der Waals surface area contributed by atoms with Crippen molar-refractivity contribution in [2.75, 3.05) is 26.7 Å². The summed E-state index contributed by atoms with van der Waals surface area (Å²) >= 11 is 0. The lowest BCUT2D eigenvalue weighted by Crippen LogP contribution is -2.41. The molecule has 37 heavy (non-hydrogen) atoms. The molecule has 3 aromatic rings. The molecule has 1 fully saturated rings. The number of halogens is 1. The first kappa shape index (κ1) is 26.9. The zero-order chi connectivity index (χ0) is 26.0. The van der Waals surface area contributed by atoms with Gasteiger partial charge in [-0.1, -0.05) is 0 Å². The SMILES string of the molecule is COc1ccc2nccc([C@@H](F)CCC3CCN(CCCCc4cncnc4)CC3CCC(=O)O)c2c1. The summed E-state index contributed by atoms with van der Waals surface area (Å²) in [6.45, 7) is 2.87. The van der Waals surface area contributed by atoms with Crippen LogP contribution < -0.4 is 4.74 Å². The summed E-state index contributed by atoms with van der Waals surface area (Å²) in [7, 11) is 1.60. The highest BCUT2D eigenvalue weighted by Crippen LogP contribution is 2.36. The molecule has 2 unspecified atom stereocenters. The molecule has 0 amide bonds. The first-order valence-corrected chi connectivity index (χ1v) is 13.3. The van der Waals surface area contributed by atoms with Crippen molar-refractivity contribution >= 4 is 16.9 Å². The molecule has 8 heteroatoms. The van der Waals surface area contributed by atoms with Crippen LogP contribution in [0.2, 0.25) is 0 Å². The lowest BCUT2D eigenvalue weighted by molar-refractivity contribution is -0.137. The Balaban J connectivity index is 1.32. The normalized spacial score (nSPS) is 19.1. The van der Waals surface area contributed by atoms with E-state index < -0.39 is 12.1 Å². The third-order valence-electron chi connectivity index (χ3n) is 7.62. The number of aliphatic carboxylic acids is 1. The molecule has 2 aromatic heterocycles. The molecule has 0 aliphatic carbocycles. The highest BCUT2D eigenvalue weighted by Gasteiger charge is 2.30. The van der Waals surface area contributed by atoms with Crippen molar-refractivity contribution in [3.63, 3.8) is 0 Å². The highest BCUT2D eigenvalue weighted by atomic mass is 19.1. The van der Waals surface area contributed by atoms with Crippen molar-refractivity contribution < 1.29 is 19.0 Å². The number of benzene rings is 1. The average Bonchev–Trinajstić information content (AvgIpc) is 2.93. The number of aryl methyl sites for hydroxylation is 1. The summed E-state index contributed by atoms with van der Waals surface area (Å²) in [6.07, 6.45) is 11.9. The second kappa shape index (κ2) is 13.4. The van der Waals surface area contributed by atoms with Gasteiger partial charge in [0.15, 0.2) is 0 Å². The van der Waals surface area contributed by atoms with Crippen LogP contribution in [0.3, 0.4) is 0 Å². The van der Waals surface area contributed by atoms with Gasteiger partial charge in [0.1, 0.15) is 18.2 Å². The first-order chi connectivity index (χ1) is 18.0. The van der Waals surface area contributed by atoms with Crippen molar-refractivity contribution in [1.82, 2.24) is 19.9 Å². The van der Waals surface area contributed by atoms with Gasteiger partial charge in [-0.15, -0.1) is 0 Å². The van der Waals surface area contributed by atoms with Crippen LogP contribution in [0.25, 0.3) is 10.9 Å². The minimum atomic E-state index is -1.10. The zero-order valence-electron chi connectivity index (χ0n) is 21.6. The molecule has 1 aliphatic rings. The smallest absolute Gasteiger partial charge is 0.303 e. The number of hydrogen-bond donors (Lipinski definition) is 1. The molecule has 1 aromatic carbocycles. The molecule has 3 atom stereocenters. The summed E-state index contributed by atoms with van der Waals surface area (Å²) in [5, 5.41) is 10.1. The topological polar surface area (TPSA) is 88.4 Å². The Morgan fingerprint density at radius 2 is 2.03 bits per heavy atom. The van der Waals surface area contributed by atoms with Gasteiger partial charge >= 0.3 is 5.97 Å². The van der Waals surface area contributed by atoms with Crippen LogP contribution in [0.4, 0.5) is 4.39 Å². The number of methoxy groups -OCH3 is 1. The second-order valence-electron chi connectivity index (χ2n) is 10.1. The molecule has 0 spiro atoms. The second-order valence-corrected chi connectivity index (χ2v) is 10.1. The monoisotopic (exact) mass is 508 g/mol. The Hall–Kier alpha value is -3.13. The summed E-state index contributed by atoms with van der Waals surface area (Å²) in [5.41, 5.74) is 2.56. The van der Waals surface area contributed by atoms with Crippen LogP contribution in [0, 0.1) is 11.8 Å². The molecule has 0 bridgehead atoms. The Morgan fingerprint density at radius 3 is 2.81 bits per heavy atom. The summed E-state index contributed by atoms with van der Waals surface area (Å²) in [6, 6.07) is 7.31. The molecule has 198 valence electrons. The van der Waals surface area contributed by atoms with Crippen molar-refractivity contribution in [2.24, 2.45) is 11.8 Å². The number of hydrogen-bond acceptors (Lipinski definition) is 6. The Bertz CT molecular complexity index is 1150. The van der Waals surface area contributed by atoms with Gasteiger partial charge in [0.25, 0.3) is 0 Å². The standard InChI is InChI=1S/C29H37FN4O3/c1-37-24-7-9-28-26(16-24)25(11-13-33-28)27(30)8-5-22-12-15-34(19-23(22)6-10-29(35)36)14-3-2-4-21-17-31-20-32-18-21/h7,9,11,13,16-18,20,22-23,27H,2-6,8,10,12,14-15,19H2,1H3,(H,35,36)/t22?,23?,27-/m0/s1. The van der Waals surface area contributed by atoms with Gasteiger partial charge in [-0.3, -0.25) is 9.78 Å². The van der Waals surface area contributed by atoms with Gasteiger partial charge in [0, 0.05) is 36.9 Å². The van der Waals surface area contributed by atoms with Gasteiger partial charge in [-0.2, -0.15) is 0 Å². The number of unbranched alkanes of at least 4 members (excludes halogenated alkanes) is 1. The number of nitrogens with zero attached hydrogens (tertiary/aromatic N) is 4. The number of likely N-dealkylation sites (tertiary alicyclic amines) is 1. The third-order valence-corrected chi connectivity index (χ3v) is 7.62. The molecular weight excluding hydrogens is 471 g/mol. The molecule has 0 saturated carbocycles. The van der Waals surface area contributed by atoms with Gasteiger partial charge in [0.05, 0.1) is 12.6 Å². The fourth-order valence-electron chi connectivity index (χ4n) is 5.56. The minimum absolute atomic E-state index is 0.164. The molecule has 1 N–H and O–H groups in total. The van der Waals surface area contributed by atoms with E-state index in [1.807, 2.05) is 30.6 Å². The number of alkyl halides is 1. The quantitative estimate of drug-likeness (QED) is 0.299. The Kier molecular flexibility index (Phi) is 9.77. The van der Waals surface area contributed by atoms with Crippen LogP contribution in [0.5, 0.6) is 5.75 Å². The summed E-state index contributed by atoms with van der Waals surface area (Å²) in [4.78, 5) is 26.3. The van der Waals surface area contributed by atoms with Crippen molar-refractivity contribution in [1.29, 1.82) is 0 Å². The summed E-state index contributed by atoms with van der Waals surface area (Å²) in [5.74, 6) is 0.528. The maximum atomic E-state index is 15.5. The van der Waals surface area contributed by atoms with E-state index in [1.54, 1.807) is 25.7 Å². The molecule has 0 radical (unpaired) electrons. The zero-order valence-corrected chi connectivity index (χ0v) is 21.6. The minimum Gasteiger partial charge on any atom is -0.497 e. The predicted molar refractivity (Wildman–Crippen MR) is 141 cm³/mol. The molecule has 1 aliphatic heterocycles. The van der Waals surface area contributed by atoms with Crippen LogP contribution >= 0.6 is 0 Å². The van der Waals surface area contributed by atoms with E-state index in [-0.39, 0.29) is 12.3 Å². The van der Waals surface area contributed by atoms with E-state index in [9.17, 15) is 9.90 Å². The van der Waals surface area contributed by atoms with E-state index in [0.717, 1.165) is 68.2 Å². The molecule has 3 heterocycles. The van der Waals surface area contributed by atoms with E-state index in [0.29, 0.717) is 30.1 Å². The van der Waals surface area contributed by atoms with Crippen molar-refractivity contribution in [2.45, 2.75) is 57.5 Å². The lowest BCUT2D eigenvalue weighted by atomic mass is 9.79. The summed E-state index contributed by atoms with van der Waals surface area (Å²) < 4.78 is 20.9. The molecule has 1 saturated heterocycles. The molecule has 4 rings (SSSR count). The third kappa shape index (κ3) is 7.68. The first-order valence-electron chi connectivity index (χ1n) is 13.3. The van der Waals surface area contributed by atoms with Crippen molar-refractivity contribution in [3.05, 3.63) is 60.3 Å². The van der Waals surface area contributed by atoms with E-state index >= 15 is 4.39 Å². The highest BCUT2D eigenvalue weighted by molar-refractivity contribution is 5.83. The van der Waals surface area contributed by atoms with E-state index in [2.05, 4.69) is 19.9 Å². The van der Waals surface area contributed by atoms with Crippen LogP contribution in [-0.4, -0.2) is 57.7 Å². The van der Waals surface area contributed by atoms with Gasteiger partial charge < -0.3 is 14.7 Å². The number of carbonyl (C=O) groups is 1. The number of rotatable bonds is 13. The van der Waals surface area contributed by atoms with Gasteiger partial charge in [-0.05, 0) is 105 Å². The Morgan fingerprint density at radius 1 is 1.19 bits per heavy atom. The molecule has 7 nitrogen and oxygen atoms in total. The maximum absolute atomic E-state index is 15.5. The Labute approximate surface area is 218 Å². The van der Waals surface area contributed by atoms with E-state index in [1.165, 1.54) is 0 Å². The van der Waals surface area contributed by atoms with Gasteiger partial charge in [0.2, 0.25) is 0 Å². The van der Waals surface area contributed by atoms with E-state index in [4.69, 9.17) is 4.74 Å². The maximum Gasteiger partial charge on any atom is 0.303 e. The largest absolute Gasteiger partial charge is 0.497 e. The number of fused-ring (bicyclic) bond motifs is 1. The average molecular weight is 509 g/mol. The fraction of sp³-hybridized carbons (Fsp3) is 0.517.